The largest absolute Gasteiger partial charge is 0.352 e. The fourth-order valence-corrected chi connectivity index (χ4v) is 3.96. The highest BCUT2D eigenvalue weighted by Gasteiger charge is 2.16. The highest BCUT2D eigenvalue weighted by molar-refractivity contribution is 14.0. The zero-order valence-electron chi connectivity index (χ0n) is 18.9. The van der Waals surface area contributed by atoms with Gasteiger partial charge in [-0.05, 0) is 29.8 Å². The van der Waals surface area contributed by atoms with Crippen molar-refractivity contribution in [3.05, 3.63) is 65.6 Å². The molecule has 0 atom stereocenters. The predicted molar refractivity (Wildman–Crippen MR) is 139 cm³/mol. The van der Waals surface area contributed by atoms with E-state index >= 15 is 0 Å². The molecular weight excluding hydrogens is 515 g/mol. The molecule has 0 bridgehead atoms. The van der Waals surface area contributed by atoms with Crippen molar-refractivity contribution in [2.45, 2.75) is 26.6 Å². The predicted octanol–water partition coefficient (Wildman–Crippen LogP) is 2.35. The molecule has 0 saturated carbocycles. The second-order valence-corrected chi connectivity index (χ2v) is 7.80. The quantitative estimate of drug-likeness (QED) is 0.269. The number of guanidine groups is 1. The van der Waals surface area contributed by atoms with E-state index < -0.39 is 0 Å². The maximum Gasteiger partial charge on any atom is 0.191 e. The van der Waals surface area contributed by atoms with Crippen LogP contribution in [0, 0.1) is 0 Å². The van der Waals surface area contributed by atoms with Gasteiger partial charge in [-0.15, -0.1) is 34.2 Å². The zero-order chi connectivity index (χ0) is 21.5. The van der Waals surface area contributed by atoms with Crippen molar-refractivity contribution < 1.29 is 0 Å². The lowest BCUT2D eigenvalue weighted by Crippen LogP contribution is -2.45. The lowest BCUT2D eigenvalue weighted by molar-refractivity contribution is 0.131. The Balaban J connectivity index is 0.00000289. The molecule has 0 aliphatic carbocycles. The number of likely N-dealkylation sites (N-methyl/N-ethyl adjacent to an activating group) is 1. The van der Waals surface area contributed by atoms with Crippen LogP contribution in [0.5, 0.6) is 0 Å². The Morgan fingerprint density at radius 3 is 2.34 bits per heavy atom. The molecule has 3 aromatic rings. The number of nitrogens with zero attached hydrogens (tertiary/aromatic N) is 6. The Hall–Kier alpha value is -2.24. The van der Waals surface area contributed by atoms with Crippen LogP contribution in [0.4, 0.5) is 0 Å². The van der Waals surface area contributed by atoms with Crippen LogP contribution < -0.4 is 10.6 Å². The van der Waals surface area contributed by atoms with Gasteiger partial charge in [-0.3, -0.25) is 14.3 Å². The monoisotopic (exact) mass is 548 g/mol. The minimum atomic E-state index is 0. The van der Waals surface area contributed by atoms with Gasteiger partial charge >= 0.3 is 0 Å². The molecule has 1 aromatic carbocycles. The Morgan fingerprint density at radius 2 is 1.59 bits per heavy atom. The second-order valence-electron chi connectivity index (χ2n) is 7.80. The summed E-state index contributed by atoms with van der Waals surface area (Å²) in [5.74, 6) is 1.60. The Kier molecular flexibility index (Phi) is 9.24. The van der Waals surface area contributed by atoms with Crippen molar-refractivity contribution in [2.75, 3.05) is 39.8 Å². The fraction of sp³-hybridized carbons (Fsp3) is 0.435. The number of aromatic nitrogens is 3. The third-order valence-electron chi connectivity index (χ3n) is 5.89. The Labute approximate surface area is 207 Å². The first-order valence-corrected chi connectivity index (χ1v) is 11.0. The molecule has 4 rings (SSSR count). The molecule has 9 heteroatoms. The standard InChI is InChI=1S/C23H32N8.HI/c1-3-29-12-14-30(15-13-29)18-20-9-5-4-8-19(20)16-25-23(24-2)26-17-22-28-27-21-10-6-7-11-31(21)22;/h4-11H,3,12-18H2,1-2H3,(H2,24,25,26);1H. The Bertz CT molecular complexity index is 1010. The van der Waals surface area contributed by atoms with Crippen molar-refractivity contribution in [2.24, 2.45) is 4.99 Å². The number of piperazine rings is 1. The smallest absolute Gasteiger partial charge is 0.191 e. The summed E-state index contributed by atoms with van der Waals surface area (Å²) in [5, 5.41) is 15.3. The summed E-state index contributed by atoms with van der Waals surface area (Å²) in [6.45, 7) is 10.2. The molecule has 0 amide bonds. The summed E-state index contributed by atoms with van der Waals surface area (Å²) < 4.78 is 1.98. The number of benzene rings is 1. The van der Waals surface area contributed by atoms with Crippen LogP contribution in [0.3, 0.4) is 0 Å². The van der Waals surface area contributed by atoms with Crippen molar-refractivity contribution >= 4 is 35.6 Å². The number of nitrogens with one attached hydrogen (secondary N) is 2. The summed E-state index contributed by atoms with van der Waals surface area (Å²) in [5.41, 5.74) is 3.52. The van der Waals surface area contributed by atoms with E-state index in [1.807, 2.05) is 28.8 Å². The van der Waals surface area contributed by atoms with Gasteiger partial charge in [0.2, 0.25) is 0 Å². The first-order valence-electron chi connectivity index (χ1n) is 11.0. The van der Waals surface area contributed by atoms with Gasteiger partial charge in [-0.2, -0.15) is 0 Å². The SMILES string of the molecule is CCN1CCN(Cc2ccccc2CNC(=NC)NCc2nnc3ccccn23)CC1.I. The first kappa shape index (κ1) is 24.4. The van der Waals surface area contributed by atoms with Gasteiger partial charge in [0.15, 0.2) is 17.4 Å². The average Bonchev–Trinajstić information content (AvgIpc) is 3.24. The average molecular weight is 548 g/mol. The van der Waals surface area contributed by atoms with Gasteiger partial charge in [0.05, 0.1) is 6.54 Å². The van der Waals surface area contributed by atoms with Crippen molar-refractivity contribution in [3.63, 3.8) is 0 Å². The molecule has 32 heavy (non-hydrogen) atoms. The summed E-state index contributed by atoms with van der Waals surface area (Å²) in [6.07, 6.45) is 1.97. The molecule has 0 unspecified atom stereocenters. The minimum Gasteiger partial charge on any atom is -0.352 e. The highest BCUT2D eigenvalue weighted by Crippen LogP contribution is 2.13. The van der Waals surface area contributed by atoms with Crippen LogP contribution in [-0.2, 0) is 19.6 Å². The van der Waals surface area contributed by atoms with Crippen LogP contribution >= 0.6 is 24.0 Å². The molecule has 1 saturated heterocycles. The molecule has 0 spiro atoms. The first-order chi connectivity index (χ1) is 15.3. The lowest BCUT2D eigenvalue weighted by atomic mass is 10.1. The van der Waals surface area contributed by atoms with E-state index in [1.165, 1.54) is 11.1 Å². The fourth-order valence-electron chi connectivity index (χ4n) is 3.96. The summed E-state index contributed by atoms with van der Waals surface area (Å²) in [4.78, 5) is 9.43. The maximum atomic E-state index is 4.37. The summed E-state index contributed by atoms with van der Waals surface area (Å²) in [7, 11) is 1.79. The molecule has 1 aliphatic heterocycles. The van der Waals surface area contributed by atoms with E-state index in [1.54, 1.807) is 7.05 Å². The van der Waals surface area contributed by atoms with E-state index in [0.29, 0.717) is 6.54 Å². The van der Waals surface area contributed by atoms with E-state index in [0.717, 1.165) is 63.2 Å². The third-order valence-corrected chi connectivity index (χ3v) is 5.89. The van der Waals surface area contributed by atoms with Gasteiger partial charge in [0.25, 0.3) is 0 Å². The third kappa shape index (κ3) is 6.17. The van der Waals surface area contributed by atoms with Gasteiger partial charge in [0.1, 0.15) is 0 Å². The topological polar surface area (TPSA) is 73.1 Å². The van der Waals surface area contributed by atoms with Crippen LogP contribution in [0.25, 0.3) is 5.65 Å². The van der Waals surface area contributed by atoms with Gasteiger partial charge in [0, 0.05) is 52.5 Å². The van der Waals surface area contributed by atoms with Crippen LogP contribution in [0.15, 0.2) is 53.7 Å². The van der Waals surface area contributed by atoms with Crippen LogP contribution in [-0.4, -0.2) is 70.1 Å². The van der Waals surface area contributed by atoms with Gasteiger partial charge in [-0.1, -0.05) is 37.3 Å². The highest BCUT2D eigenvalue weighted by atomic mass is 127. The molecule has 1 aliphatic rings. The number of hydrogen-bond acceptors (Lipinski definition) is 5. The molecular formula is C23H33IN8. The molecule has 2 aromatic heterocycles. The zero-order valence-corrected chi connectivity index (χ0v) is 21.2. The van der Waals surface area contributed by atoms with Crippen LogP contribution in [0.2, 0.25) is 0 Å². The van der Waals surface area contributed by atoms with Crippen LogP contribution in [0.1, 0.15) is 23.9 Å². The van der Waals surface area contributed by atoms with E-state index in [-0.39, 0.29) is 24.0 Å². The summed E-state index contributed by atoms with van der Waals surface area (Å²) >= 11 is 0. The number of aliphatic imine (C=N–C) groups is 1. The molecule has 1 fully saturated rings. The molecule has 2 N–H and O–H groups in total. The van der Waals surface area contributed by atoms with E-state index in [9.17, 15) is 0 Å². The lowest BCUT2D eigenvalue weighted by Gasteiger charge is -2.34. The van der Waals surface area contributed by atoms with E-state index in [4.69, 9.17) is 0 Å². The second kappa shape index (κ2) is 12.1. The summed E-state index contributed by atoms with van der Waals surface area (Å²) in [6, 6.07) is 14.6. The number of rotatable bonds is 7. The van der Waals surface area contributed by atoms with Gasteiger partial charge < -0.3 is 15.5 Å². The number of hydrogen-bond donors (Lipinski definition) is 2. The molecule has 3 heterocycles. The minimum absolute atomic E-state index is 0. The molecule has 8 nitrogen and oxygen atoms in total. The maximum absolute atomic E-state index is 4.37. The Morgan fingerprint density at radius 1 is 0.906 bits per heavy atom. The number of halogens is 1. The van der Waals surface area contributed by atoms with Gasteiger partial charge in [-0.25, -0.2) is 0 Å². The molecule has 0 radical (unpaired) electrons. The van der Waals surface area contributed by atoms with Crippen molar-refractivity contribution in [1.82, 2.24) is 35.0 Å². The van der Waals surface area contributed by atoms with Crippen molar-refractivity contribution in [1.29, 1.82) is 0 Å². The van der Waals surface area contributed by atoms with E-state index in [2.05, 4.69) is 66.8 Å². The van der Waals surface area contributed by atoms with Crippen molar-refractivity contribution in [3.8, 4) is 0 Å². The number of pyridine rings is 1. The molecule has 172 valence electrons. The normalized spacial score (nSPS) is 15.5. The number of fused-ring (bicyclic) bond motifs is 1.